The highest BCUT2D eigenvalue weighted by atomic mass is 16.5. The number of carbonyl (C=O) groups is 2. The van der Waals surface area contributed by atoms with Crippen molar-refractivity contribution in [2.24, 2.45) is 5.92 Å². The molecule has 1 fully saturated rings. The molecule has 2 rings (SSSR count). The second kappa shape index (κ2) is 7.11. The number of amides is 1. The third kappa shape index (κ3) is 4.21. The lowest BCUT2D eigenvalue weighted by Gasteiger charge is -2.13. The number of ether oxygens (including phenoxy) is 1. The third-order valence-electron chi connectivity index (χ3n) is 3.96. The molecule has 1 aliphatic rings. The van der Waals surface area contributed by atoms with Gasteiger partial charge in [-0.1, -0.05) is 18.2 Å². The van der Waals surface area contributed by atoms with Crippen LogP contribution in [0.25, 0.3) is 0 Å². The van der Waals surface area contributed by atoms with E-state index in [1.54, 1.807) is 7.11 Å². The molecular weight excluding hydrogens is 270 g/mol. The molecule has 1 amide bonds. The van der Waals surface area contributed by atoms with Crippen LogP contribution in [-0.4, -0.2) is 30.1 Å². The maximum Gasteiger partial charge on any atom is 0.306 e. The highest BCUT2D eigenvalue weighted by Gasteiger charge is 2.30. The number of hydrogen-bond acceptors (Lipinski definition) is 3. The summed E-state index contributed by atoms with van der Waals surface area (Å²) < 4.78 is 5.25. The van der Waals surface area contributed by atoms with Crippen molar-refractivity contribution in [1.82, 2.24) is 5.32 Å². The van der Waals surface area contributed by atoms with Crippen LogP contribution in [0, 0.1) is 5.92 Å². The smallest absolute Gasteiger partial charge is 0.306 e. The normalized spacial score (nSPS) is 21.0. The topological polar surface area (TPSA) is 75.6 Å². The average Bonchev–Trinajstić information content (AvgIpc) is 2.94. The van der Waals surface area contributed by atoms with Gasteiger partial charge in [-0.25, -0.2) is 0 Å². The van der Waals surface area contributed by atoms with Gasteiger partial charge in [-0.3, -0.25) is 9.59 Å². The molecule has 0 saturated heterocycles. The molecule has 2 N–H and O–H groups in total. The van der Waals surface area contributed by atoms with Crippen LogP contribution in [0.2, 0.25) is 0 Å². The summed E-state index contributed by atoms with van der Waals surface area (Å²) in [5, 5.41) is 11.9. The van der Waals surface area contributed by atoms with Crippen LogP contribution < -0.4 is 10.1 Å². The van der Waals surface area contributed by atoms with Crippen LogP contribution in [0.1, 0.15) is 31.2 Å². The van der Waals surface area contributed by atoms with E-state index < -0.39 is 5.97 Å². The van der Waals surface area contributed by atoms with Gasteiger partial charge in [0, 0.05) is 12.5 Å². The SMILES string of the molecule is COc1ccccc1CCC(=O)N[C@H]1CC[C@@H](C(=O)O)C1. The molecule has 21 heavy (non-hydrogen) atoms. The number of para-hydroxylation sites is 1. The molecule has 0 aliphatic heterocycles. The summed E-state index contributed by atoms with van der Waals surface area (Å²) in [7, 11) is 1.61. The standard InChI is InChI=1S/C16H21NO4/c1-21-14-5-3-2-4-11(14)7-9-15(18)17-13-8-6-12(10-13)16(19)20/h2-5,12-13H,6-10H2,1H3,(H,17,18)(H,19,20)/t12-,13+/m1/s1. The van der Waals surface area contributed by atoms with Crippen molar-refractivity contribution in [2.45, 2.75) is 38.1 Å². The van der Waals surface area contributed by atoms with Gasteiger partial charge >= 0.3 is 5.97 Å². The summed E-state index contributed by atoms with van der Waals surface area (Å²) in [4.78, 5) is 22.8. The Balaban J connectivity index is 1.79. The van der Waals surface area contributed by atoms with Crippen LogP contribution in [0.4, 0.5) is 0 Å². The molecule has 2 atom stereocenters. The van der Waals surface area contributed by atoms with E-state index in [1.807, 2.05) is 24.3 Å². The summed E-state index contributed by atoms with van der Waals surface area (Å²) in [5.41, 5.74) is 1.00. The lowest BCUT2D eigenvalue weighted by molar-refractivity contribution is -0.141. The number of benzene rings is 1. The molecule has 114 valence electrons. The zero-order valence-corrected chi connectivity index (χ0v) is 12.2. The molecule has 5 nitrogen and oxygen atoms in total. The van der Waals surface area contributed by atoms with Gasteiger partial charge < -0.3 is 15.2 Å². The minimum atomic E-state index is -0.763. The predicted molar refractivity (Wildman–Crippen MR) is 78.2 cm³/mol. The summed E-state index contributed by atoms with van der Waals surface area (Å²) in [6, 6.07) is 7.64. The van der Waals surface area contributed by atoms with E-state index >= 15 is 0 Å². The quantitative estimate of drug-likeness (QED) is 0.840. The third-order valence-corrected chi connectivity index (χ3v) is 3.96. The lowest BCUT2D eigenvalue weighted by Crippen LogP contribution is -2.33. The molecule has 0 spiro atoms. The first kappa shape index (κ1) is 15.4. The largest absolute Gasteiger partial charge is 0.496 e. The van der Waals surface area contributed by atoms with Crippen LogP contribution in [0.5, 0.6) is 5.75 Å². The van der Waals surface area contributed by atoms with Gasteiger partial charge in [0.2, 0.25) is 5.91 Å². The monoisotopic (exact) mass is 291 g/mol. The fraction of sp³-hybridized carbons (Fsp3) is 0.500. The highest BCUT2D eigenvalue weighted by molar-refractivity contribution is 5.77. The maximum absolute atomic E-state index is 11.9. The molecule has 1 aromatic rings. The first-order valence-corrected chi connectivity index (χ1v) is 7.24. The van der Waals surface area contributed by atoms with Gasteiger partial charge in [0.1, 0.15) is 5.75 Å². The van der Waals surface area contributed by atoms with Crippen molar-refractivity contribution in [3.8, 4) is 5.75 Å². The number of aryl methyl sites for hydroxylation is 1. The molecule has 0 radical (unpaired) electrons. The second-order valence-electron chi connectivity index (χ2n) is 5.42. The summed E-state index contributed by atoms with van der Waals surface area (Å²) in [6.45, 7) is 0. The summed E-state index contributed by atoms with van der Waals surface area (Å²) >= 11 is 0. The lowest BCUT2D eigenvalue weighted by atomic mass is 10.1. The number of nitrogens with one attached hydrogen (secondary N) is 1. The molecule has 1 saturated carbocycles. The van der Waals surface area contributed by atoms with Crippen molar-refractivity contribution in [3.63, 3.8) is 0 Å². The van der Waals surface area contributed by atoms with Crippen LogP contribution in [0.3, 0.4) is 0 Å². The van der Waals surface area contributed by atoms with Gasteiger partial charge in [0.15, 0.2) is 0 Å². The molecule has 1 aromatic carbocycles. The Hall–Kier alpha value is -2.04. The molecule has 0 heterocycles. The number of rotatable bonds is 6. The highest BCUT2D eigenvalue weighted by Crippen LogP contribution is 2.26. The van der Waals surface area contributed by atoms with Crippen molar-refractivity contribution < 1.29 is 19.4 Å². The molecular formula is C16H21NO4. The number of carbonyl (C=O) groups excluding carboxylic acids is 1. The van der Waals surface area contributed by atoms with Crippen molar-refractivity contribution in [3.05, 3.63) is 29.8 Å². The summed E-state index contributed by atoms with van der Waals surface area (Å²) in [5.74, 6) is -0.320. The van der Waals surface area contributed by atoms with E-state index in [1.165, 1.54) is 0 Å². The Kier molecular flexibility index (Phi) is 5.20. The van der Waals surface area contributed by atoms with E-state index in [0.717, 1.165) is 17.7 Å². The summed E-state index contributed by atoms with van der Waals surface area (Å²) in [6.07, 6.45) is 2.93. The van der Waals surface area contributed by atoms with E-state index in [9.17, 15) is 9.59 Å². The molecule has 0 bridgehead atoms. The first-order valence-electron chi connectivity index (χ1n) is 7.24. The molecule has 0 unspecified atom stereocenters. The van der Waals surface area contributed by atoms with Gasteiger partial charge in [-0.05, 0) is 37.3 Å². The Morgan fingerprint density at radius 1 is 1.33 bits per heavy atom. The molecule has 1 aliphatic carbocycles. The van der Waals surface area contributed by atoms with Crippen molar-refractivity contribution >= 4 is 11.9 Å². The number of carboxylic acids is 1. The minimum absolute atomic E-state index is 0.00345. The van der Waals surface area contributed by atoms with Gasteiger partial charge in [0.05, 0.1) is 13.0 Å². The number of aliphatic carboxylic acids is 1. The van der Waals surface area contributed by atoms with Gasteiger partial charge in [-0.2, -0.15) is 0 Å². The van der Waals surface area contributed by atoms with Crippen LogP contribution in [-0.2, 0) is 16.0 Å². The van der Waals surface area contributed by atoms with E-state index in [2.05, 4.69) is 5.32 Å². The van der Waals surface area contributed by atoms with Gasteiger partial charge in [-0.15, -0.1) is 0 Å². The Morgan fingerprint density at radius 2 is 2.10 bits per heavy atom. The van der Waals surface area contributed by atoms with E-state index in [-0.39, 0.29) is 17.9 Å². The predicted octanol–water partition coefficient (Wildman–Crippen LogP) is 2.00. The van der Waals surface area contributed by atoms with Crippen molar-refractivity contribution in [1.29, 1.82) is 0 Å². The number of hydrogen-bond donors (Lipinski definition) is 2. The van der Waals surface area contributed by atoms with E-state index in [4.69, 9.17) is 9.84 Å². The van der Waals surface area contributed by atoms with Crippen LogP contribution in [0.15, 0.2) is 24.3 Å². The van der Waals surface area contributed by atoms with Crippen molar-refractivity contribution in [2.75, 3.05) is 7.11 Å². The first-order chi connectivity index (χ1) is 10.1. The Morgan fingerprint density at radius 3 is 2.76 bits per heavy atom. The van der Waals surface area contributed by atoms with E-state index in [0.29, 0.717) is 25.7 Å². The number of methoxy groups -OCH3 is 1. The Bertz CT molecular complexity index is 515. The van der Waals surface area contributed by atoms with Gasteiger partial charge in [0.25, 0.3) is 0 Å². The zero-order valence-electron chi connectivity index (χ0n) is 12.2. The maximum atomic E-state index is 11.9. The second-order valence-corrected chi connectivity index (χ2v) is 5.42. The fourth-order valence-corrected chi connectivity index (χ4v) is 2.79. The minimum Gasteiger partial charge on any atom is -0.496 e. The average molecular weight is 291 g/mol. The van der Waals surface area contributed by atoms with Crippen LogP contribution >= 0.6 is 0 Å². The number of carboxylic acid groups (broad SMARTS) is 1. The molecule has 5 heteroatoms. The fourth-order valence-electron chi connectivity index (χ4n) is 2.79. The zero-order chi connectivity index (χ0) is 15.2. The molecule has 0 aromatic heterocycles. The Labute approximate surface area is 124 Å².